The van der Waals surface area contributed by atoms with Gasteiger partial charge in [0.25, 0.3) is 5.91 Å². The lowest BCUT2D eigenvalue weighted by molar-refractivity contribution is -0.127. The minimum Gasteiger partial charge on any atom is -0.356 e. The van der Waals surface area contributed by atoms with E-state index in [0.717, 1.165) is 24.8 Å². The molecule has 150 valence electrons. The van der Waals surface area contributed by atoms with Crippen LogP contribution in [0.4, 0.5) is 4.79 Å². The van der Waals surface area contributed by atoms with Gasteiger partial charge in [-0.2, -0.15) is 0 Å². The average Bonchev–Trinajstić information content (AvgIpc) is 2.99. The second-order valence-electron chi connectivity index (χ2n) is 7.24. The van der Waals surface area contributed by atoms with E-state index in [9.17, 15) is 19.2 Å². The topological polar surface area (TPSA) is 129 Å². The molecule has 2 fully saturated rings. The summed E-state index contributed by atoms with van der Waals surface area (Å²) >= 11 is 0. The quantitative estimate of drug-likeness (QED) is 0.490. The van der Waals surface area contributed by atoms with E-state index >= 15 is 0 Å². The monoisotopic (exact) mass is 387 g/mol. The van der Waals surface area contributed by atoms with E-state index in [-0.39, 0.29) is 30.2 Å². The van der Waals surface area contributed by atoms with Gasteiger partial charge in [0.1, 0.15) is 6.04 Å². The maximum atomic E-state index is 12.3. The van der Waals surface area contributed by atoms with E-state index < -0.39 is 18.0 Å². The molecule has 9 nitrogen and oxygen atoms in total. The Morgan fingerprint density at radius 1 is 1.18 bits per heavy atom. The Morgan fingerprint density at radius 2 is 1.96 bits per heavy atom. The third-order valence-corrected chi connectivity index (χ3v) is 5.15. The molecular weight excluding hydrogens is 362 g/mol. The Bertz CT molecular complexity index is 731. The van der Waals surface area contributed by atoms with Crippen LogP contribution in [0, 0.1) is 5.92 Å². The minimum absolute atomic E-state index is 0.00731. The summed E-state index contributed by atoms with van der Waals surface area (Å²) in [5.41, 5.74) is 1.08. The smallest absolute Gasteiger partial charge is 0.322 e. The Kier molecular flexibility index (Phi) is 6.57. The zero-order valence-electron chi connectivity index (χ0n) is 15.6. The Balaban J connectivity index is 1.33. The molecule has 1 unspecified atom stereocenters. The lowest BCUT2D eigenvalue weighted by Gasteiger charge is -2.28. The lowest BCUT2D eigenvalue weighted by Crippen LogP contribution is -2.43. The molecule has 4 N–H and O–H groups in total. The molecule has 0 spiro atoms. The SMILES string of the molecule is O=C(CC1NC(=O)NC1=O)NC1CCC(C(=O)NCCc2cccnc2)CC1. The van der Waals surface area contributed by atoms with Gasteiger partial charge in [0.05, 0.1) is 6.42 Å². The van der Waals surface area contributed by atoms with Crippen molar-refractivity contribution in [1.29, 1.82) is 0 Å². The van der Waals surface area contributed by atoms with Gasteiger partial charge in [0.15, 0.2) is 0 Å². The van der Waals surface area contributed by atoms with Gasteiger partial charge in [-0.25, -0.2) is 4.79 Å². The van der Waals surface area contributed by atoms with Crippen molar-refractivity contribution < 1.29 is 19.2 Å². The number of nitrogens with zero attached hydrogens (tertiary/aromatic N) is 1. The first-order valence-corrected chi connectivity index (χ1v) is 9.58. The molecule has 0 aromatic carbocycles. The summed E-state index contributed by atoms with van der Waals surface area (Å²) in [5.74, 6) is -0.737. The summed E-state index contributed by atoms with van der Waals surface area (Å²) in [6.07, 6.45) is 7.04. The average molecular weight is 387 g/mol. The summed E-state index contributed by atoms with van der Waals surface area (Å²) in [6, 6.07) is 2.47. The molecule has 2 aliphatic rings. The molecule has 1 atom stereocenters. The summed E-state index contributed by atoms with van der Waals surface area (Å²) in [6.45, 7) is 0.580. The molecule has 1 aliphatic heterocycles. The number of pyridine rings is 1. The van der Waals surface area contributed by atoms with Crippen LogP contribution in [0.5, 0.6) is 0 Å². The highest BCUT2D eigenvalue weighted by atomic mass is 16.2. The molecule has 1 aliphatic carbocycles. The predicted molar refractivity (Wildman–Crippen MR) is 99.9 cm³/mol. The lowest BCUT2D eigenvalue weighted by atomic mass is 9.85. The number of nitrogens with one attached hydrogen (secondary N) is 4. The predicted octanol–water partition coefficient (Wildman–Crippen LogP) is 0.0134. The van der Waals surface area contributed by atoms with Crippen LogP contribution in [0.15, 0.2) is 24.5 Å². The zero-order chi connectivity index (χ0) is 19.9. The normalized spacial score (nSPS) is 24.2. The first-order chi connectivity index (χ1) is 13.5. The molecule has 9 heteroatoms. The van der Waals surface area contributed by atoms with E-state index in [4.69, 9.17) is 0 Å². The molecule has 1 aromatic rings. The third-order valence-electron chi connectivity index (χ3n) is 5.15. The van der Waals surface area contributed by atoms with Crippen LogP contribution in [-0.4, -0.2) is 47.4 Å². The Hall–Kier alpha value is -2.97. The standard InChI is InChI=1S/C19H25N5O4/c25-16(10-15-18(27)24-19(28)23-15)22-14-5-3-13(4-6-14)17(26)21-9-7-12-2-1-8-20-11-12/h1-2,8,11,13-15H,3-7,9-10H2,(H,21,26)(H,22,25)(H2,23,24,27,28). The van der Waals surface area contributed by atoms with Crippen molar-refractivity contribution in [3.8, 4) is 0 Å². The fraction of sp³-hybridized carbons (Fsp3) is 0.526. The van der Waals surface area contributed by atoms with Gasteiger partial charge in [-0.3, -0.25) is 24.7 Å². The molecule has 1 aromatic heterocycles. The number of urea groups is 1. The molecule has 0 bridgehead atoms. The molecule has 28 heavy (non-hydrogen) atoms. The second-order valence-corrected chi connectivity index (χ2v) is 7.24. The van der Waals surface area contributed by atoms with Crippen LogP contribution in [-0.2, 0) is 20.8 Å². The van der Waals surface area contributed by atoms with Crippen molar-refractivity contribution in [3.05, 3.63) is 30.1 Å². The summed E-state index contributed by atoms with van der Waals surface area (Å²) in [5, 5.41) is 10.4. The van der Waals surface area contributed by atoms with E-state index in [1.807, 2.05) is 12.1 Å². The maximum absolute atomic E-state index is 12.3. The minimum atomic E-state index is -0.811. The molecular formula is C19H25N5O4. The largest absolute Gasteiger partial charge is 0.356 e. The summed E-state index contributed by atoms with van der Waals surface area (Å²) < 4.78 is 0. The van der Waals surface area contributed by atoms with Crippen LogP contribution in [0.3, 0.4) is 0 Å². The number of aromatic nitrogens is 1. The van der Waals surface area contributed by atoms with Gasteiger partial charge < -0.3 is 16.0 Å². The van der Waals surface area contributed by atoms with Crippen molar-refractivity contribution in [3.63, 3.8) is 0 Å². The van der Waals surface area contributed by atoms with E-state index in [1.165, 1.54) is 0 Å². The van der Waals surface area contributed by atoms with E-state index in [1.54, 1.807) is 12.4 Å². The van der Waals surface area contributed by atoms with Gasteiger partial charge >= 0.3 is 6.03 Å². The molecule has 1 saturated carbocycles. The van der Waals surface area contributed by atoms with Crippen LogP contribution in [0.2, 0.25) is 0 Å². The highest BCUT2D eigenvalue weighted by Gasteiger charge is 2.32. The van der Waals surface area contributed by atoms with Gasteiger partial charge in [-0.05, 0) is 43.7 Å². The molecule has 1 saturated heterocycles. The van der Waals surface area contributed by atoms with Crippen molar-refractivity contribution in [2.45, 2.75) is 50.6 Å². The number of rotatable bonds is 7. The van der Waals surface area contributed by atoms with Crippen LogP contribution in [0.1, 0.15) is 37.7 Å². The highest BCUT2D eigenvalue weighted by Crippen LogP contribution is 2.24. The van der Waals surface area contributed by atoms with Crippen LogP contribution in [0.25, 0.3) is 0 Å². The number of hydrogen-bond acceptors (Lipinski definition) is 5. The summed E-state index contributed by atoms with van der Waals surface area (Å²) in [7, 11) is 0. The first kappa shape index (κ1) is 19.8. The fourth-order valence-corrected chi connectivity index (χ4v) is 3.59. The van der Waals surface area contributed by atoms with E-state index in [0.29, 0.717) is 19.4 Å². The summed E-state index contributed by atoms with van der Waals surface area (Å²) in [4.78, 5) is 51.0. The van der Waals surface area contributed by atoms with Crippen molar-refractivity contribution in [2.75, 3.05) is 6.54 Å². The number of amides is 5. The second kappa shape index (κ2) is 9.29. The zero-order valence-corrected chi connectivity index (χ0v) is 15.6. The Morgan fingerprint density at radius 3 is 2.61 bits per heavy atom. The fourth-order valence-electron chi connectivity index (χ4n) is 3.59. The van der Waals surface area contributed by atoms with Crippen molar-refractivity contribution in [2.24, 2.45) is 5.92 Å². The van der Waals surface area contributed by atoms with Gasteiger partial charge in [0.2, 0.25) is 11.8 Å². The van der Waals surface area contributed by atoms with Gasteiger partial charge in [0, 0.05) is 30.9 Å². The van der Waals surface area contributed by atoms with Gasteiger partial charge in [-0.15, -0.1) is 0 Å². The number of hydrogen-bond donors (Lipinski definition) is 4. The molecule has 3 rings (SSSR count). The number of imide groups is 1. The highest BCUT2D eigenvalue weighted by molar-refractivity contribution is 6.05. The van der Waals surface area contributed by atoms with Crippen LogP contribution >= 0.6 is 0 Å². The molecule has 5 amide bonds. The Labute approximate surface area is 163 Å². The molecule has 2 heterocycles. The van der Waals surface area contributed by atoms with E-state index in [2.05, 4.69) is 26.3 Å². The number of carbonyl (C=O) groups excluding carboxylic acids is 4. The maximum Gasteiger partial charge on any atom is 0.322 e. The number of carbonyl (C=O) groups is 4. The van der Waals surface area contributed by atoms with Gasteiger partial charge in [-0.1, -0.05) is 6.07 Å². The first-order valence-electron chi connectivity index (χ1n) is 9.58. The van der Waals surface area contributed by atoms with Crippen molar-refractivity contribution >= 4 is 23.8 Å². The third kappa shape index (κ3) is 5.51. The molecule has 0 radical (unpaired) electrons. The van der Waals surface area contributed by atoms with Crippen LogP contribution < -0.4 is 21.3 Å². The van der Waals surface area contributed by atoms with Crippen molar-refractivity contribution in [1.82, 2.24) is 26.3 Å².